The molecule has 1 aromatic rings. The number of nitrogens with two attached hydrogens (primary N) is 1. The van der Waals surface area contributed by atoms with Crippen LogP contribution in [0.3, 0.4) is 0 Å². The van der Waals surface area contributed by atoms with Crippen LogP contribution in [0.5, 0.6) is 5.75 Å². The van der Waals surface area contributed by atoms with Gasteiger partial charge in [-0.05, 0) is 32.0 Å². The van der Waals surface area contributed by atoms with E-state index in [4.69, 9.17) is 10.5 Å². The maximum Gasteiger partial charge on any atom is 0.252 e. The number of hydrogen-bond acceptors (Lipinski definition) is 3. The zero-order valence-electron chi connectivity index (χ0n) is 11.5. The van der Waals surface area contributed by atoms with Crippen molar-refractivity contribution in [2.75, 3.05) is 5.73 Å². The molecule has 1 aromatic carbocycles. The molecule has 0 unspecified atom stereocenters. The van der Waals surface area contributed by atoms with E-state index < -0.39 is 17.9 Å². The van der Waals surface area contributed by atoms with Crippen LogP contribution >= 0.6 is 0 Å². The van der Waals surface area contributed by atoms with E-state index in [1.54, 1.807) is 12.1 Å². The van der Waals surface area contributed by atoms with Crippen LogP contribution in [0.15, 0.2) is 18.2 Å². The Bertz CT molecular complexity index is 510. The predicted molar refractivity (Wildman–Crippen MR) is 72.1 cm³/mol. The van der Waals surface area contributed by atoms with Crippen LogP contribution in [-0.4, -0.2) is 24.0 Å². The summed E-state index contributed by atoms with van der Waals surface area (Å²) in [6, 6.07) is 4.20. The zero-order valence-corrected chi connectivity index (χ0v) is 11.5. The van der Waals surface area contributed by atoms with Gasteiger partial charge in [0.2, 0.25) is 0 Å². The van der Waals surface area contributed by atoms with E-state index in [2.05, 4.69) is 5.32 Å². The number of halogens is 2. The molecule has 0 heterocycles. The SMILES string of the molecule is CC(C)Oc1ccc(C(=O)NC2CC(F)(F)C2)cc1N. The van der Waals surface area contributed by atoms with E-state index in [1.165, 1.54) is 6.07 Å². The van der Waals surface area contributed by atoms with E-state index in [-0.39, 0.29) is 18.9 Å². The zero-order chi connectivity index (χ0) is 14.9. The highest BCUT2D eigenvalue weighted by Gasteiger charge is 2.45. The number of rotatable bonds is 4. The Balaban J connectivity index is 1.99. The van der Waals surface area contributed by atoms with Gasteiger partial charge in [0, 0.05) is 24.4 Å². The van der Waals surface area contributed by atoms with Crippen LogP contribution in [-0.2, 0) is 0 Å². The summed E-state index contributed by atoms with van der Waals surface area (Å²) in [6.07, 6.45) is -0.625. The fourth-order valence-electron chi connectivity index (χ4n) is 2.08. The van der Waals surface area contributed by atoms with Gasteiger partial charge in [-0.1, -0.05) is 0 Å². The largest absolute Gasteiger partial charge is 0.489 e. The monoisotopic (exact) mass is 284 g/mol. The number of alkyl halides is 2. The second-order valence-electron chi connectivity index (χ2n) is 5.35. The fraction of sp³-hybridized carbons (Fsp3) is 0.500. The molecule has 1 saturated carbocycles. The molecule has 3 N–H and O–H groups in total. The first kappa shape index (κ1) is 14.6. The van der Waals surface area contributed by atoms with Gasteiger partial charge in [0.1, 0.15) is 5.75 Å². The number of nitrogen functional groups attached to an aromatic ring is 1. The van der Waals surface area contributed by atoms with Gasteiger partial charge in [0.15, 0.2) is 0 Å². The highest BCUT2D eigenvalue weighted by Crippen LogP contribution is 2.37. The predicted octanol–water partition coefficient (Wildman–Crippen LogP) is 2.58. The number of amides is 1. The van der Waals surface area contributed by atoms with Gasteiger partial charge >= 0.3 is 0 Å². The molecule has 1 amide bonds. The third-order valence-electron chi connectivity index (χ3n) is 3.06. The van der Waals surface area contributed by atoms with Crippen molar-refractivity contribution in [2.45, 2.75) is 44.8 Å². The molecule has 0 aliphatic heterocycles. The van der Waals surface area contributed by atoms with Crippen LogP contribution in [0.1, 0.15) is 37.0 Å². The summed E-state index contributed by atoms with van der Waals surface area (Å²) in [5.74, 6) is -2.54. The Kier molecular flexibility index (Phi) is 3.83. The summed E-state index contributed by atoms with van der Waals surface area (Å²) >= 11 is 0. The van der Waals surface area contributed by atoms with Crippen LogP contribution in [0.2, 0.25) is 0 Å². The summed E-state index contributed by atoms with van der Waals surface area (Å²) in [6.45, 7) is 3.74. The Morgan fingerprint density at radius 2 is 2.10 bits per heavy atom. The molecule has 0 spiro atoms. The lowest BCUT2D eigenvalue weighted by Crippen LogP contribution is -2.50. The molecule has 4 nitrogen and oxygen atoms in total. The minimum atomic E-state index is -2.65. The van der Waals surface area contributed by atoms with Crippen molar-refractivity contribution in [3.05, 3.63) is 23.8 Å². The molecule has 1 aliphatic carbocycles. The molecule has 0 bridgehead atoms. The van der Waals surface area contributed by atoms with E-state index in [0.29, 0.717) is 17.0 Å². The van der Waals surface area contributed by atoms with Crippen molar-refractivity contribution in [2.24, 2.45) is 0 Å². The van der Waals surface area contributed by atoms with E-state index in [1.807, 2.05) is 13.8 Å². The Morgan fingerprint density at radius 1 is 1.45 bits per heavy atom. The van der Waals surface area contributed by atoms with Crippen molar-refractivity contribution in [3.8, 4) is 5.75 Å². The van der Waals surface area contributed by atoms with E-state index in [9.17, 15) is 13.6 Å². The molecule has 110 valence electrons. The number of carbonyl (C=O) groups is 1. The number of nitrogens with one attached hydrogen (secondary N) is 1. The van der Waals surface area contributed by atoms with Gasteiger partial charge in [-0.3, -0.25) is 4.79 Å². The van der Waals surface area contributed by atoms with Crippen LogP contribution in [0.25, 0.3) is 0 Å². The Labute approximate surface area is 116 Å². The molecular formula is C14H18F2N2O2. The number of anilines is 1. The maximum atomic E-state index is 12.7. The minimum Gasteiger partial charge on any atom is -0.489 e. The van der Waals surface area contributed by atoms with Gasteiger partial charge < -0.3 is 15.8 Å². The van der Waals surface area contributed by atoms with Crippen LogP contribution < -0.4 is 15.8 Å². The number of carbonyl (C=O) groups excluding carboxylic acids is 1. The van der Waals surface area contributed by atoms with E-state index >= 15 is 0 Å². The minimum absolute atomic E-state index is 0.0193. The molecule has 0 aromatic heterocycles. The molecular weight excluding hydrogens is 266 g/mol. The van der Waals surface area contributed by atoms with Gasteiger partial charge in [-0.15, -0.1) is 0 Å². The molecule has 6 heteroatoms. The first-order valence-electron chi connectivity index (χ1n) is 6.52. The fourth-order valence-corrected chi connectivity index (χ4v) is 2.08. The first-order valence-corrected chi connectivity index (χ1v) is 6.52. The number of hydrogen-bond donors (Lipinski definition) is 2. The molecule has 2 rings (SSSR count). The normalized spacial score (nSPS) is 17.6. The van der Waals surface area contributed by atoms with Crippen molar-refractivity contribution < 1.29 is 18.3 Å². The number of ether oxygens (including phenoxy) is 1. The van der Waals surface area contributed by atoms with Crippen molar-refractivity contribution in [3.63, 3.8) is 0 Å². The molecule has 0 atom stereocenters. The van der Waals surface area contributed by atoms with Gasteiger partial charge in [0.05, 0.1) is 11.8 Å². The first-order chi connectivity index (χ1) is 9.27. The topological polar surface area (TPSA) is 64.3 Å². The molecule has 1 fully saturated rings. The summed E-state index contributed by atoms with van der Waals surface area (Å²) in [5, 5.41) is 2.56. The Hall–Kier alpha value is -1.85. The van der Waals surface area contributed by atoms with Crippen molar-refractivity contribution in [1.82, 2.24) is 5.32 Å². The highest BCUT2D eigenvalue weighted by molar-refractivity contribution is 5.95. The summed E-state index contributed by atoms with van der Waals surface area (Å²) in [7, 11) is 0. The second kappa shape index (κ2) is 5.26. The van der Waals surface area contributed by atoms with Gasteiger partial charge in [-0.25, -0.2) is 8.78 Å². The van der Waals surface area contributed by atoms with Crippen LogP contribution in [0.4, 0.5) is 14.5 Å². The average molecular weight is 284 g/mol. The maximum absolute atomic E-state index is 12.7. The highest BCUT2D eigenvalue weighted by atomic mass is 19.3. The lowest BCUT2D eigenvalue weighted by Gasteiger charge is -2.35. The van der Waals surface area contributed by atoms with Crippen molar-refractivity contribution in [1.29, 1.82) is 0 Å². The average Bonchev–Trinajstić information content (AvgIpc) is 2.28. The number of benzene rings is 1. The van der Waals surface area contributed by atoms with E-state index in [0.717, 1.165) is 0 Å². The molecule has 20 heavy (non-hydrogen) atoms. The van der Waals surface area contributed by atoms with Gasteiger partial charge in [0.25, 0.3) is 11.8 Å². The standard InChI is InChI=1S/C14H18F2N2O2/c1-8(2)20-12-4-3-9(5-11(12)17)13(19)18-10-6-14(15,16)7-10/h3-5,8,10H,6-7,17H2,1-2H3,(H,18,19). The third kappa shape index (κ3) is 3.37. The quantitative estimate of drug-likeness (QED) is 0.835. The van der Waals surface area contributed by atoms with Crippen LogP contribution in [0, 0.1) is 0 Å². The molecule has 0 radical (unpaired) electrons. The third-order valence-corrected chi connectivity index (χ3v) is 3.06. The smallest absolute Gasteiger partial charge is 0.252 e. The Morgan fingerprint density at radius 3 is 2.60 bits per heavy atom. The summed E-state index contributed by atoms with van der Waals surface area (Å²) in [5.41, 5.74) is 6.50. The lowest BCUT2D eigenvalue weighted by molar-refractivity contribution is -0.0901. The summed E-state index contributed by atoms with van der Waals surface area (Å²) in [4.78, 5) is 11.9. The summed E-state index contributed by atoms with van der Waals surface area (Å²) < 4.78 is 30.8. The lowest BCUT2D eigenvalue weighted by atomic mass is 9.88. The molecule has 0 saturated heterocycles. The second-order valence-corrected chi connectivity index (χ2v) is 5.35. The van der Waals surface area contributed by atoms with Gasteiger partial charge in [-0.2, -0.15) is 0 Å². The van der Waals surface area contributed by atoms with Crippen molar-refractivity contribution >= 4 is 11.6 Å². The molecule has 1 aliphatic rings.